The summed E-state index contributed by atoms with van der Waals surface area (Å²) in [6, 6.07) is -1.13. The van der Waals surface area contributed by atoms with Crippen molar-refractivity contribution in [3.63, 3.8) is 0 Å². The summed E-state index contributed by atoms with van der Waals surface area (Å²) in [5.41, 5.74) is 1.27. The molecular weight excluding hydrogens is 906 g/mol. The zero-order chi connectivity index (χ0) is 51.2. The average Bonchev–Trinajstić information content (AvgIpc) is 3.30. The molecule has 2 N–H and O–H groups in total. The van der Waals surface area contributed by atoms with Crippen LogP contribution in [0.3, 0.4) is 0 Å². The van der Waals surface area contributed by atoms with E-state index >= 15 is 0 Å². The smallest absolute Gasteiger partial charge is 0.329 e. The first kappa shape index (κ1) is 58.4. The highest BCUT2D eigenvalue weighted by atomic mass is 31.2. The summed E-state index contributed by atoms with van der Waals surface area (Å²) >= 11 is 0. The van der Waals surface area contributed by atoms with Crippen molar-refractivity contribution >= 4 is 36.6 Å². The van der Waals surface area contributed by atoms with E-state index in [1.165, 1.54) is 12.0 Å². The number of Topliss-reactive ketones (excluding diaryl/α,β-unsaturated/α-hetero) is 3. The fourth-order valence-corrected chi connectivity index (χ4v) is 11.3. The van der Waals surface area contributed by atoms with Gasteiger partial charge in [-0.05, 0) is 107 Å². The van der Waals surface area contributed by atoms with Crippen molar-refractivity contribution in [1.29, 1.82) is 0 Å². The lowest BCUT2D eigenvalue weighted by Gasteiger charge is -2.42. The minimum absolute atomic E-state index is 0.0163. The van der Waals surface area contributed by atoms with Crippen LogP contribution in [0.2, 0.25) is 0 Å². The quantitative estimate of drug-likeness (QED) is 0.0978. The Labute approximate surface area is 411 Å². The number of methoxy groups -OCH3 is 3. The molecular formula is C53H84NO14P. The van der Waals surface area contributed by atoms with Crippen LogP contribution in [0.1, 0.15) is 131 Å². The Bertz CT molecular complexity index is 1920. The molecule has 3 fully saturated rings. The van der Waals surface area contributed by atoms with Crippen LogP contribution < -0.4 is 0 Å². The topological polar surface area (TPSA) is 201 Å². The number of cyclic esters (lactones) is 1. The average molecular weight is 990 g/mol. The number of carbonyl (C=O) groups excluding carboxylic acids is 5. The van der Waals surface area contributed by atoms with Crippen molar-refractivity contribution in [1.82, 2.24) is 4.90 Å². The molecule has 0 unspecified atom stereocenters. The molecule has 2 saturated heterocycles. The van der Waals surface area contributed by atoms with Crippen LogP contribution in [0.15, 0.2) is 47.6 Å². The number of hydrogen-bond acceptors (Lipinski definition) is 14. The van der Waals surface area contributed by atoms with Gasteiger partial charge in [-0.1, -0.05) is 70.6 Å². The van der Waals surface area contributed by atoms with Gasteiger partial charge in [0.1, 0.15) is 30.1 Å². The third-order valence-corrected chi connectivity index (χ3v) is 15.5. The molecule has 4 aliphatic rings. The van der Waals surface area contributed by atoms with Gasteiger partial charge in [0, 0.05) is 71.8 Å². The van der Waals surface area contributed by atoms with E-state index in [9.17, 15) is 38.8 Å². The van der Waals surface area contributed by atoms with E-state index in [2.05, 4.69) is 0 Å². The molecule has 390 valence electrons. The summed E-state index contributed by atoms with van der Waals surface area (Å²) < 4.78 is 47.9. The minimum Gasteiger partial charge on any atom is -0.460 e. The molecule has 1 saturated carbocycles. The molecule has 14 atom stereocenters. The summed E-state index contributed by atoms with van der Waals surface area (Å²) in [6.07, 6.45) is 13.1. The zero-order valence-corrected chi connectivity index (χ0v) is 44.2. The Morgan fingerprint density at radius 1 is 0.826 bits per heavy atom. The van der Waals surface area contributed by atoms with Gasteiger partial charge in [-0.2, -0.15) is 0 Å². The van der Waals surface area contributed by atoms with E-state index in [0.717, 1.165) is 18.4 Å². The second-order valence-corrected chi connectivity index (χ2v) is 23.4. The first-order valence-corrected chi connectivity index (χ1v) is 27.8. The molecule has 69 heavy (non-hydrogen) atoms. The highest BCUT2D eigenvalue weighted by molar-refractivity contribution is 7.57. The van der Waals surface area contributed by atoms with Crippen molar-refractivity contribution < 1.29 is 67.0 Å². The number of aliphatic hydroxyl groups excluding tert-OH is 1. The monoisotopic (exact) mass is 990 g/mol. The predicted molar refractivity (Wildman–Crippen MR) is 264 cm³/mol. The molecule has 0 aromatic carbocycles. The zero-order valence-electron chi connectivity index (χ0n) is 43.3. The maximum atomic E-state index is 14.3. The van der Waals surface area contributed by atoms with Crippen molar-refractivity contribution in [2.45, 2.75) is 186 Å². The molecule has 3 heterocycles. The summed E-state index contributed by atoms with van der Waals surface area (Å²) in [5.74, 6) is -7.49. The Balaban J connectivity index is 1.65. The molecule has 4 rings (SSSR count). The fraction of sp³-hybridized carbons (Fsp3) is 0.755. The number of fused-ring (bicyclic) bond motifs is 3. The molecule has 16 heteroatoms. The lowest BCUT2D eigenvalue weighted by atomic mass is 9.82. The van der Waals surface area contributed by atoms with Gasteiger partial charge in [0.15, 0.2) is 13.2 Å². The molecule has 1 aliphatic carbocycles. The first-order valence-electron chi connectivity index (χ1n) is 25.3. The van der Waals surface area contributed by atoms with Crippen LogP contribution in [0.5, 0.6) is 0 Å². The number of ketones is 3. The largest absolute Gasteiger partial charge is 0.460 e. The Morgan fingerprint density at radius 3 is 2.22 bits per heavy atom. The van der Waals surface area contributed by atoms with Gasteiger partial charge in [0.2, 0.25) is 5.79 Å². The first-order chi connectivity index (χ1) is 32.5. The maximum absolute atomic E-state index is 14.3. The molecule has 0 spiro atoms. The van der Waals surface area contributed by atoms with Crippen molar-refractivity contribution in [2.24, 2.45) is 29.6 Å². The fourth-order valence-electron chi connectivity index (χ4n) is 10.4. The molecule has 15 nitrogen and oxygen atoms in total. The van der Waals surface area contributed by atoms with Gasteiger partial charge in [0.05, 0.1) is 24.4 Å². The minimum atomic E-state index is -2.74. The number of esters is 1. The Morgan fingerprint density at radius 2 is 1.55 bits per heavy atom. The van der Waals surface area contributed by atoms with E-state index in [4.69, 9.17) is 28.2 Å². The molecule has 0 aromatic rings. The standard InChI is InChI=1S/C53H84NO14P/c1-33-18-13-12-14-19-34(2)45(63-7)32-41-25-23-38(6)53(61,67-41)50(58)51(59)54-27-16-15-22-42(54)52(60)66-40(21-17-20-39-24-26-44(46(30-39)64-8)68-69(10,11)62)31-43(55)35(3)29-37(5)48(57)49(65-9)47(56)36(4)28-33/h12-14,18-19,29,33,35-36,38-42,44-46,48-49,57,61H,15-17,20-28,30-32H2,1-11H3/b14-12?,18-13+,34-19?,37-29+/t33-,35-,36-,38-,39+,40+,41+,42+,44-,45+,46-,48-,49+,53-/m1/s1. The molecule has 0 aromatic heterocycles. The van der Waals surface area contributed by atoms with Gasteiger partial charge in [-0.3, -0.25) is 23.7 Å². The van der Waals surface area contributed by atoms with E-state index < -0.39 is 85.1 Å². The summed E-state index contributed by atoms with van der Waals surface area (Å²) in [5, 5.41) is 23.4. The third kappa shape index (κ3) is 16.7. The number of aliphatic hydroxyl groups is 2. The van der Waals surface area contributed by atoms with Crippen LogP contribution in [0.4, 0.5) is 0 Å². The van der Waals surface area contributed by atoms with Crippen molar-refractivity contribution in [3.05, 3.63) is 47.6 Å². The highest BCUT2D eigenvalue weighted by Crippen LogP contribution is 2.44. The van der Waals surface area contributed by atoms with Crippen LogP contribution in [-0.4, -0.2) is 140 Å². The van der Waals surface area contributed by atoms with Crippen molar-refractivity contribution in [2.75, 3.05) is 41.2 Å². The Kier molecular flexibility index (Phi) is 22.9. The summed E-state index contributed by atoms with van der Waals surface area (Å²) in [6.45, 7) is 14.0. The highest BCUT2D eigenvalue weighted by Gasteiger charge is 2.53. The van der Waals surface area contributed by atoms with Gasteiger partial charge in [-0.25, -0.2) is 4.79 Å². The SMILES string of the molecule is CO[C@H]1C[C@@H]2CC[C@@H](C)[C@@](O)(O2)C(=O)C(=O)N2CCCC[C@H]2C(=O)O[C@@H](CCC[C@H]2CC[C@@H](OP(C)(C)=O)[C@H](OC)C2)CC(=O)[C@H](C)/C=C(\C)[C@@H](O)[C@@H](OC)C(=O)[C@H](C)C[C@H](C)/C=C/C=CC=C1C. The van der Waals surface area contributed by atoms with Gasteiger partial charge < -0.3 is 43.3 Å². The second-order valence-electron chi connectivity index (χ2n) is 20.7. The number of allylic oxidation sites excluding steroid dienone is 6. The summed E-state index contributed by atoms with van der Waals surface area (Å²) in [4.78, 5) is 71.7. The van der Waals surface area contributed by atoms with Gasteiger partial charge in [0.25, 0.3) is 11.7 Å². The lowest BCUT2D eigenvalue weighted by Crippen LogP contribution is -2.60. The third-order valence-electron chi connectivity index (χ3n) is 14.7. The van der Waals surface area contributed by atoms with Gasteiger partial charge >= 0.3 is 5.97 Å². The normalized spacial score (nSPS) is 37.3. The number of carbonyl (C=O) groups is 5. The number of hydrogen-bond donors (Lipinski definition) is 2. The molecule has 1 amide bonds. The summed E-state index contributed by atoms with van der Waals surface area (Å²) in [7, 11) is 1.84. The van der Waals surface area contributed by atoms with Crippen LogP contribution in [-0.2, 0) is 56.7 Å². The predicted octanol–water partition coefficient (Wildman–Crippen LogP) is 7.89. The van der Waals surface area contributed by atoms with Crippen LogP contribution >= 0.6 is 7.37 Å². The molecule has 0 radical (unpaired) electrons. The molecule has 3 aliphatic heterocycles. The number of piperidine rings is 1. The van der Waals surface area contributed by atoms with E-state index in [1.807, 2.05) is 51.2 Å². The number of amides is 1. The van der Waals surface area contributed by atoms with Crippen LogP contribution in [0, 0.1) is 29.6 Å². The van der Waals surface area contributed by atoms with Gasteiger partial charge in [-0.15, -0.1) is 0 Å². The Hall–Kier alpha value is -3.14. The number of ether oxygens (including phenoxy) is 5. The van der Waals surface area contributed by atoms with E-state index in [1.54, 1.807) is 54.4 Å². The lowest BCUT2D eigenvalue weighted by molar-refractivity contribution is -0.265. The number of nitrogens with zero attached hydrogens (tertiary/aromatic N) is 1. The van der Waals surface area contributed by atoms with E-state index in [0.29, 0.717) is 69.8 Å². The van der Waals surface area contributed by atoms with Crippen molar-refractivity contribution in [3.8, 4) is 0 Å². The number of rotatable bonds is 9. The second kappa shape index (κ2) is 27.1. The van der Waals surface area contributed by atoms with Crippen LogP contribution in [0.25, 0.3) is 0 Å². The van der Waals surface area contributed by atoms with E-state index in [-0.39, 0.29) is 55.0 Å². The molecule has 2 bridgehead atoms. The maximum Gasteiger partial charge on any atom is 0.329 e.